The number of H-pyrrole nitrogens is 1. The Labute approximate surface area is 105 Å². The molecule has 3 N–H and O–H groups in total. The smallest absolute Gasteiger partial charge is 0.315 e. The maximum absolute atomic E-state index is 11.6. The predicted molar refractivity (Wildman–Crippen MR) is 67.6 cm³/mol. The summed E-state index contributed by atoms with van der Waals surface area (Å²) in [6, 6.07) is 3.90. The molecule has 0 spiro atoms. The number of urea groups is 1. The van der Waals surface area contributed by atoms with Crippen LogP contribution in [0.1, 0.15) is 30.5 Å². The van der Waals surface area contributed by atoms with E-state index >= 15 is 0 Å². The highest BCUT2D eigenvalue weighted by atomic mass is 16.2. The second-order valence-corrected chi connectivity index (χ2v) is 5.16. The van der Waals surface area contributed by atoms with Gasteiger partial charge in [0.1, 0.15) is 0 Å². The number of hydrogen-bond donors (Lipinski definition) is 3. The Morgan fingerprint density at radius 1 is 1.17 bits per heavy atom. The minimum absolute atomic E-state index is 0.0494. The minimum atomic E-state index is -0.0598. The first-order valence-corrected chi connectivity index (χ1v) is 6.49. The third kappa shape index (κ3) is 2.55. The Kier molecular flexibility index (Phi) is 2.81. The van der Waals surface area contributed by atoms with Crippen LogP contribution in [-0.4, -0.2) is 23.1 Å². The molecule has 1 aromatic rings. The van der Waals surface area contributed by atoms with Gasteiger partial charge in [-0.3, -0.25) is 4.79 Å². The number of rotatable bonds is 2. The number of carbonyl (C=O) groups is 1. The van der Waals surface area contributed by atoms with Gasteiger partial charge in [0.2, 0.25) is 5.56 Å². The number of aromatic nitrogens is 1. The zero-order chi connectivity index (χ0) is 12.5. The van der Waals surface area contributed by atoms with Gasteiger partial charge < -0.3 is 15.6 Å². The van der Waals surface area contributed by atoms with Gasteiger partial charge >= 0.3 is 6.03 Å². The topological polar surface area (TPSA) is 74.0 Å². The summed E-state index contributed by atoms with van der Waals surface area (Å²) in [5, 5.41) is 5.93. The molecule has 18 heavy (non-hydrogen) atoms. The summed E-state index contributed by atoms with van der Waals surface area (Å²) in [5.74, 6) is 0. The molecule has 1 heterocycles. The highest BCUT2D eigenvalue weighted by molar-refractivity contribution is 5.75. The molecule has 0 radical (unpaired) electrons. The van der Waals surface area contributed by atoms with E-state index in [1.807, 2.05) is 6.07 Å². The molecular weight excluding hydrogens is 230 g/mol. The molecule has 2 aliphatic carbocycles. The molecule has 96 valence electrons. The van der Waals surface area contributed by atoms with E-state index in [9.17, 15) is 9.59 Å². The van der Waals surface area contributed by atoms with Gasteiger partial charge in [0.25, 0.3) is 0 Å². The lowest BCUT2D eigenvalue weighted by Crippen LogP contribution is -2.45. The standard InChI is InChI=1S/C13H17N3O2/c17-12-6-1-8-7-10(4-5-11(8)16-12)15-13(18)14-9-2-3-9/h1,6,9-10H,2-5,7H2,(H,16,17)(H2,14,15,18). The summed E-state index contributed by atoms with van der Waals surface area (Å²) in [4.78, 5) is 25.7. The zero-order valence-electron chi connectivity index (χ0n) is 10.2. The average Bonchev–Trinajstić information content (AvgIpc) is 3.13. The summed E-state index contributed by atoms with van der Waals surface area (Å²) >= 11 is 0. The van der Waals surface area contributed by atoms with Crippen LogP contribution in [0.5, 0.6) is 0 Å². The maximum atomic E-state index is 11.6. The van der Waals surface area contributed by atoms with Gasteiger partial charge in [0.15, 0.2) is 0 Å². The van der Waals surface area contributed by atoms with Crippen LogP contribution in [0.15, 0.2) is 16.9 Å². The first kappa shape index (κ1) is 11.3. The second-order valence-electron chi connectivity index (χ2n) is 5.16. The molecule has 5 nitrogen and oxygen atoms in total. The number of nitrogens with one attached hydrogen (secondary N) is 3. The Hall–Kier alpha value is -1.78. The Balaban J connectivity index is 1.61. The van der Waals surface area contributed by atoms with Crippen LogP contribution < -0.4 is 16.2 Å². The van der Waals surface area contributed by atoms with E-state index in [2.05, 4.69) is 15.6 Å². The van der Waals surface area contributed by atoms with Crippen molar-refractivity contribution in [1.29, 1.82) is 0 Å². The van der Waals surface area contributed by atoms with Crippen molar-refractivity contribution < 1.29 is 4.79 Å². The fourth-order valence-corrected chi connectivity index (χ4v) is 2.41. The van der Waals surface area contributed by atoms with E-state index in [1.165, 1.54) is 0 Å². The monoisotopic (exact) mass is 247 g/mol. The van der Waals surface area contributed by atoms with Gasteiger partial charge in [0.05, 0.1) is 0 Å². The zero-order valence-corrected chi connectivity index (χ0v) is 10.2. The molecule has 1 fully saturated rings. The number of hydrogen-bond acceptors (Lipinski definition) is 2. The summed E-state index contributed by atoms with van der Waals surface area (Å²) in [5.41, 5.74) is 2.10. The summed E-state index contributed by atoms with van der Waals surface area (Å²) in [6.45, 7) is 0. The lowest BCUT2D eigenvalue weighted by atomic mass is 9.92. The lowest BCUT2D eigenvalue weighted by Gasteiger charge is -2.25. The van der Waals surface area contributed by atoms with E-state index in [1.54, 1.807) is 6.07 Å². The van der Waals surface area contributed by atoms with E-state index in [-0.39, 0.29) is 17.6 Å². The Morgan fingerprint density at radius 2 is 1.94 bits per heavy atom. The summed E-state index contributed by atoms with van der Waals surface area (Å²) in [7, 11) is 0. The number of aromatic amines is 1. The van der Waals surface area contributed by atoms with E-state index in [0.717, 1.165) is 43.4 Å². The number of fused-ring (bicyclic) bond motifs is 1. The third-order valence-electron chi connectivity index (χ3n) is 3.55. The first-order chi connectivity index (χ1) is 8.70. The van der Waals surface area contributed by atoms with Crippen LogP contribution in [0.4, 0.5) is 4.79 Å². The van der Waals surface area contributed by atoms with Crippen LogP contribution in [0.2, 0.25) is 0 Å². The first-order valence-electron chi connectivity index (χ1n) is 6.49. The van der Waals surface area contributed by atoms with E-state index in [4.69, 9.17) is 0 Å². The van der Waals surface area contributed by atoms with Crippen LogP contribution in [-0.2, 0) is 12.8 Å². The van der Waals surface area contributed by atoms with Crippen LogP contribution >= 0.6 is 0 Å². The molecule has 0 aromatic carbocycles. The van der Waals surface area contributed by atoms with E-state index in [0.29, 0.717) is 6.04 Å². The maximum Gasteiger partial charge on any atom is 0.315 e. The molecule has 1 unspecified atom stereocenters. The molecular formula is C13H17N3O2. The fourth-order valence-electron chi connectivity index (χ4n) is 2.41. The fraction of sp³-hybridized carbons (Fsp3) is 0.538. The van der Waals surface area contributed by atoms with Gasteiger partial charge in [-0.15, -0.1) is 0 Å². The van der Waals surface area contributed by atoms with Crippen LogP contribution in [0, 0.1) is 0 Å². The summed E-state index contributed by atoms with van der Waals surface area (Å²) < 4.78 is 0. The predicted octanol–water partition coefficient (Wildman–Crippen LogP) is 0.694. The third-order valence-corrected chi connectivity index (χ3v) is 3.55. The molecule has 3 rings (SSSR count). The number of pyridine rings is 1. The average molecular weight is 247 g/mol. The van der Waals surface area contributed by atoms with Crippen molar-refractivity contribution in [2.75, 3.05) is 0 Å². The highest BCUT2D eigenvalue weighted by Gasteiger charge is 2.25. The number of carbonyl (C=O) groups excluding carboxylic acids is 1. The molecule has 0 saturated heterocycles. The molecule has 1 saturated carbocycles. The minimum Gasteiger partial charge on any atom is -0.335 e. The molecule has 1 aromatic heterocycles. The largest absolute Gasteiger partial charge is 0.335 e. The van der Waals surface area contributed by atoms with Gasteiger partial charge in [0, 0.05) is 23.8 Å². The lowest BCUT2D eigenvalue weighted by molar-refractivity contribution is 0.235. The van der Waals surface area contributed by atoms with Crippen molar-refractivity contribution in [3.05, 3.63) is 33.7 Å². The Morgan fingerprint density at radius 3 is 2.72 bits per heavy atom. The van der Waals surface area contributed by atoms with Crippen molar-refractivity contribution in [2.45, 2.75) is 44.2 Å². The van der Waals surface area contributed by atoms with Crippen molar-refractivity contribution in [3.63, 3.8) is 0 Å². The molecule has 0 aliphatic heterocycles. The second kappa shape index (κ2) is 4.48. The van der Waals surface area contributed by atoms with E-state index < -0.39 is 0 Å². The normalized spacial score (nSPS) is 22.1. The van der Waals surface area contributed by atoms with Crippen molar-refractivity contribution in [2.24, 2.45) is 0 Å². The molecule has 2 aliphatic rings. The van der Waals surface area contributed by atoms with Crippen molar-refractivity contribution >= 4 is 6.03 Å². The SMILES string of the molecule is O=C(NC1CC1)NC1CCc2[nH]c(=O)ccc2C1. The molecule has 1 atom stereocenters. The van der Waals surface area contributed by atoms with Crippen LogP contribution in [0.3, 0.4) is 0 Å². The van der Waals surface area contributed by atoms with Crippen molar-refractivity contribution in [1.82, 2.24) is 15.6 Å². The number of amides is 2. The van der Waals surface area contributed by atoms with Gasteiger partial charge in [-0.1, -0.05) is 6.07 Å². The number of aryl methyl sites for hydroxylation is 1. The molecule has 2 amide bonds. The Bertz CT molecular complexity index is 519. The van der Waals surface area contributed by atoms with Crippen molar-refractivity contribution in [3.8, 4) is 0 Å². The van der Waals surface area contributed by atoms with Gasteiger partial charge in [-0.2, -0.15) is 0 Å². The summed E-state index contributed by atoms with van der Waals surface area (Å²) in [6.07, 6.45) is 4.69. The molecule has 0 bridgehead atoms. The van der Waals surface area contributed by atoms with Gasteiger partial charge in [-0.25, -0.2) is 4.79 Å². The highest BCUT2D eigenvalue weighted by Crippen LogP contribution is 2.20. The van der Waals surface area contributed by atoms with Gasteiger partial charge in [-0.05, 0) is 37.7 Å². The molecule has 5 heteroatoms. The van der Waals surface area contributed by atoms with Crippen LogP contribution in [0.25, 0.3) is 0 Å². The quantitative estimate of drug-likeness (QED) is 0.719.